The summed E-state index contributed by atoms with van der Waals surface area (Å²) >= 11 is 2.06. The number of benzene rings is 1. The zero-order valence-electron chi connectivity index (χ0n) is 8.76. The minimum Gasteiger partial charge on any atom is -0.269 e. The highest BCUT2D eigenvalue weighted by atomic mass is 127. The third kappa shape index (κ3) is 4.31. The van der Waals surface area contributed by atoms with Crippen molar-refractivity contribution in [2.24, 2.45) is 0 Å². The van der Waals surface area contributed by atoms with E-state index < -0.39 is 15.9 Å². The molecule has 1 N–H and O–H groups in total. The van der Waals surface area contributed by atoms with Crippen LogP contribution in [0.1, 0.15) is 0 Å². The zero-order valence-corrected chi connectivity index (χ0v) is 11.7. The van der Waals surface area contributed by atoms with Gasteiger partial charge in [0.15, 0.2) is 0 Å². The summed E-state index contributed by atoms with van der Waals surface area (Å²) in [6.07, 6.45) is 3.84. The first kappa shape index (κ1) is 13.9. The van der Waals surface area contributed by atoms with E-state index in [0.717, 1.165) is 9.65 Å². The molecule has 0 fully saturated rings. The van der Waals surface area contributed by atoms with Crippen molar-refractivity contribution in [1.82, 2.24) is 4.72 Å². The number of nitrogens with one attached hydrogen (secondary N) is 1. The lowest BCUT2D eigenvalue weighted by atomic mass is 10.4. The predicted molar refractivity (Wildman–Crippen MR) is 73.8 cm³/mol. The molecule has 0 spiro atoms. The smallest absolute Gasteiger partial charge is 0.264 e. The second kappa shape index (κ2) is 5.97. The Morgan fingerprint density at radius 2 is 1.88 bits per heavy atom. The lowest BCUT2D eigenvalue weighted by molar-refractivity contribution is -0.114. The molecule has 0 aliphatic heterocycles. The van der Waals surface area contributed by atoms with Gasteiger partial charge in [-0.25, -0.2) is 13.1 Å². The maximum absolute atomic E-state index is 11.7. The highest BCUT2D eigenvalue weighted by molar-refractivity contribution is 14.1. The Morgan fingerprint density at radius 3 is 2.41 bits per heavy atom. The van der Waals surface area contributed by atoms with Crippen molar-refractivity contribution in [2.75, 3.05) is 0 Å². The number of allylic oxidation sites excluding steroid dienone is 2. The van der Waals surface area contributed by atoms with Crippen LogP contribution < -0.4 is 4.72 Å². The van der Waals surface area contributed by atoms with Crippen molar-refractivity contribution in [3.8, 4) is 0 Å². The number of carbonyl (C=O) groups is 1. The molecule has 1 aromatic carbocycles. The van der Waals surface area contributed by atoms with Crippen LogP contribution >= 0.6 is 22.6 Å². The van der Waals surface area contributed by atoms with Crippen LogP contribution in [0, 0.1) is 3.57 Å². The van der Waals surface area contributed by atoms with Gasteiger partial charge in [0.25, 0.3) is 15.9 Å². The molecule has 0 bridgehead atoms. The fraction of sp³-hybridized carbons (Fsp3) is 0. The molecule has 0 aliphatic rings. The Bertz CT molecular complexity index is 547. The summed E-state index contributed by atoms with van der Waals surface area (Å²) in [5, 5.41) is 0. The van der Waals surface area contributed by atoms with E-state index in [-0.39, 0.29) is 4.90 Å². The molecule has 1 amide bonds. The van der Waals surface area contributed by atoms with Gasteiger partial charge in [-0.3, -0.25) is 4.79 Å². The van der Waals surface area contributed by atoms with Gasteiger partial charge in [-0.2, -0.15) is 0 Å². The molecule has 0 aliphatic carbocycles. The lowest BCUT2D eigenvalue weighted by Gasteiger charge is -2.04. The van der Waals surface area contributed by atoms with Gasteiger partial charge in [-0.05, 0) is 46.9 Å². The van der Waals surface area contributed by atoms with E-state index in [4.69, 9.17) is 0 Å². The summed E-state index contributed by atoms with van der Waals surface area (Å²) in [5.74, 6) is -0.705. The van der Waals surface area contributed by atoms with E-state index in [1.807, 2.05) is 4.72 Å². The van der Waals surface area contributed by atoms with Crippen LogP contribution in [0.4, 0.5) is 0 Å². The molecule has 90 valence electrons. The molecule has 0 saturated heterocycles. The maximum Gasteiger partial charge on any atom is 0.264 e. The van der Waals surface area contributed by atoms with Gasteiger partial charge in [-0.15, -0.1) is 0 Å². The van der Waals surface area contributed by atoms with E-state index in [0.29, 0.717) is 0 Å². The average Bonchev–Trinajstić information content (AvgIpc) is 2.26. The Kier molecular flexibility index (Phi) is 4.88. The monoisotopic (exact) mass is 363 g/mol. The van der Waals surface area contributed by atoms with Crippen LogP contribution in [-0.4, -0.2) is 14.3 Å². The van der Waals surface area contributed by atoms with Crippen LogP contribution in [0.25, 0.3) is 0 Å². The van der Waals surface area contributed by atoms with Crippen LogP contribution in [-0.2, 0) is 14.8 Å². The second-order valence-electron chi connectivity index (χ2n) is 3.02. The minimum absolute atomic E-state index is 0.0540. The summed E-state index contributed by atoms with van der Waals surface area (Å²) in [6, 6.07) is 6.18. The molecule has 0 unspecified atom stereocenters. The number of rotatable bonds is 4. The predicted octanol–water partition coefficient (Wildman–Crippen LogP) is 1.84. The Morgan fingerprint density at radius 1 is 1.29 bits per heavy atom. The van der Waals surface area contributed by atoms with Crippen molar-refractivity contribution in [1.29, 1.82) is 0 Å². The first-order chi connectivity index (χ1) is 7.95. The van der Waals surface area contributed by atoms with Crippen molar-refractivity contribution >= 4 is 38.5 Å². The Labute approximate surface area is 114 Å². The SMILES string of the molecule is C=CC=CC(=O)NS(=O)(=O)c1ccc(I)cc1. The second-order valence-corrected chi connectivity index (χ2v) is 5.95. The first-order valence-corrected chi connectivity index (χ1v) is 7.13. The largest absolute Gasteiger partial charge is 0.269 e. The molecule has 0 heterocycles. The lowest BCUT2D eigenvalue weighted by Crippen LogP contribution is -2.28. The molecule has 6 heteroatoms. The van der Waals surface area contributed by atoms with Gasteiger partial charge in [-0.1, -0.05) is 18.7 Å². The van der Waals surface area contributed by atoms with Crippen molar-refractivity contribution < 1.29 is 13.2 Å². The third-order valence-electron chi connectivity index (χ3n) is 1.74. The third-order valence-corrected chi connectivity index (χ3v) is 3.82. The number of hydrogen-bond donors (Lipinski definition) is 1. The van der Waals surface area contributed by atoms with Crippen molar-refractivity contribution in [3.63, 3.8) is 0 Å². The van der Waals surface area contributed by atoms with E-state index >= 15 is 0 Å². The highest BCUT2D eigenvalue weighted by Gasteiger charge is 2.15. The van der Waals surface area contributed by atoms with Crippen LogP contribution in [0.2, 0.25) is 0 Å². The first-order valence-electron chi connectivity index (χ1n) is 4.57. The number of hydrogen-bond acceptors (Lipinski definition) is 3. The van der Waals surface area contributed by atoms with E-state index in [1.165, 1.54) is 24.3 Å². The van der Waals surface area contributed by atoms with E-state index in [1.54, 1.807) is 12.1 Å². The van der Waals surface area contributed by atoms with Gasteiger partial charge in [0, 0.05) is 9.65 Å². The fourth-order valence-electron chi connectivity index (χ4n) is 0.995. The van der Waals surface area contributed by atoms with E-state index in [2.05, 4.69) is 29.2 Å². The topological polar surface area (TPSA) is 63.2 Å². The Hall–Kier alpha value is -1.15. The molecular formula is C11H10INO3S. The minimum atomic E-state index is -3.80. The number of halogens is 1. The molecule has 17 heavy (non-hydrogen) atoms. The highest BCUT2D eigenvalue weighted by Crippen LogP contribution is 2.11. The maximum atomic E-state index is 11.7. The van der Waals surface area contributed by atoms with Gasteiger partial charge in [0.05, 0.1) is 4.90 Å². The molecule has 0 atom stereocenters. The summed E-state index contributed by atoms with van der Waals surface area (Å²) < 4.78 is 26.3. The molecule has 0 radical (unpaired) electrons. The van der Waals surface area contributed by atoms with E-state index in [9.17, 15) is 13.2 Å². The normalized spacial score (nSPS) is 11.4. The summed E-state index contributed by atoms with van der Waals surface area (Å²) in [4.78, 5) is 11.3. The van der Waals surface area contributed by atoms with Gasteiger partial charge in [0.2, 0.25) is 0 Å². The number of carbonyl (C=O) groups excluding carboxylic acids is 1. The molecule has 4 nitrogen and oxygen atoms in total. The van der Waals surface area contributed by atoms with Gasteiger partial charge in [0.1, 0.15) is 0 Å². The zero-order chi connectivity index (χ0) is 12.9. The number of amides is 1. The fourth-order valence-corrected chi connectivity index (χ4v) is 2.30. The molecule has 1 aromatic rings. The van der Waals surface area contributed by atoms with Crippen LogP contribution in [0.5, 0.6) is 0 Å². The van der Waals surface area contributed by atoms with Crippen molar-refractivity contribution in [2.45, 2.75) is 4.90 Å². The average molecular weight is 363 g/mol. The van der Waals surface area contributed by atoms with Gasteiger partial charge < -0.3 is 0 Å². The summed E-state index contributed by atoms with van der Waals surface area (Å²) in [7, 11) is -3.80. The van der Waals surface area contributed by atoms with Gasteiger partial charge >= 0.3 is 0 Å². The quantitative estimate of drug-likeness (QED) is 0.505. The molecule has 1 rings (SSSR count). The molecule has 0 aromatic heterocycles. The standard InChI is InChI=1S/C11H10INO3S/c1-2-3-4-11(14)13-17(15,16)10-7-5-9(12)6-8-10/h2-8H,1H2,(H,13,14). The van der Waals surface area contributed by atoms with Crippen LogP contribution in [0.3, 0.4) is 0 Å². The molecule has 0 saturated carbocycles. The summed E-state index contributed by atoms with van der Waals surface area (Å²) in [5.41, 5.74) is 0. The summed E-state index contributed by atoms with van der Waals surface area (Å²) in [6.45, 7) is 3.38. The molecular weight excluding hydrogens is 353 g/mol. The van der Waals surface area contributed by atoms with Crippen molar-refractivity contribution in [3.05, 3.63) is 52.6 Å². The number of sulfonamides is 1. The Balaban J connectivity index is 2.89. The van der Waals surface area contributed by atoms with Crippen LogP contribution in [0.15, 0.2) is 54.0 Å².